The van der Waals surface area contributed by atoms with Crippen molar-refractivity contribution in [3.63, 3.8) is 0 Å². The molecule has 1 aliphatic heterocycles. The number of aliphatic hydroxyl groups excluding tert-OH is 3. The predicted molar refractivity (Wildman–Crippen MR) is 270 cm³/mol. The molecule has 0 bridgehead atoms. The Kier molecular flexibility index (Phi) is 42.0. The van der Waals surface area contributed by atoms with E-state index in [1.54, 1.807) is 0 Å². The van der Waals surface area contributed by atoms with E-state index in [-0.39, 0.29) is 19.4 Å². The topological polar surface area (TPSA) is 186 Å². The van der Waals surface area contributed by atoms with Gasteiger partial charge in [0.25, 0.3) is 10.1 Å². The Labute approximate surface area is 409 Å². The van der Waals surface area contributed by atoms with E-state index in [0.717, 1.165) is 51.4 Å². The molecule has 0 radical (unpaired) electrons. The van der Waals surface area contributed by atoms with E-state index in [2.05, 4.69) is 26.0 Å². The summed E-state index contributed by atoms with van der Waals surface area (Å²) in [6.07, 6.45) is 41.1. The van der Waals surface area contributed by atoms with Gasteiger partial charge in [-0.25, -0.2) is 0 Å². The van der Waals surface area contributed by atoms with Crippen molar-refractivity contribution >= 4 is 22.1 Å². The molecule has 1 fully saturated rings. The van der Waals surface area contributed by atoms with Crippen molar-refractivity contribution in [3.05, 3.63) is 12.2 Å². The Morgan fingerprint density at radius 1 is 0.493 bits per heavy atom. The van der Waals surface area contributed by atoms with Crippen LogP contribution in [0.25, 0.3) is 0 Å². The average molecular weight is 975 g/mol. The first kappa shape index (κ1) is 63.4. The van der Waals surface area contributed by atoms with Crippen LogP contribution in [-0.2, 0) is 38.7 Å². The van der Waals surface area contributed by atoms with E-state index in [4.69, 9.17) is 18.9 Å². The molecule has 0 aromatic carbocycles. The SMILES string of the molecule is CCCCCCCCC/C=C\CCCCCCCCCC(=O)OC(COC(=O)CCCCCCCCCCCCCCCCCCCCCCC)COC1OC(CS(=O)(=O)O)C(O)C(O)C1O. The first-order chi connectivity index (χ1) is 32.5. The maximum atomic E-state index is 12.9. The summed E-state index contributed by atoms with van der Waals surface area (Å²) in [5, 5.41) is 31.0. The molecule has 12 nitrogen and oxygen atoms in total. The standard InChI is InChI=1S/C54H102O12S/c1-3-5-7-9-11-13-15-17-19-21-23-24-25-27-28-30-32-34-36-38-40-42-49(55)63-44-47(45-64-54-53(59)52(58)51(57)48(66-54)46-67(60,61)62)65-50(56)43-41-39-37-35-33-31-29-26-22-20-18-16-14-12-10-8-6-4-2/h20,22,47-48,51-54,57-59H,3-19,21,23-46H2,1-2H3,(H,60,61,62)/b22-20-. The van der Waals surface area contributed by atoms with Crippen LogP contribution in [0.3, 0.4) is 0 Å². The maximum Gasteiger partial charge on any atom is 0.306 e. The van der Waals surface area contributed by atoms with Crippen LogP contribution < -0.4 is 0 Å². The van der Waals surface area contributed by atoms with Crippen molar-refractivity contribution < 1.29 is 56.8 Å². The summed E-state index contributed by atoms with van der Waals surface area (Å²) in [5.41, 5.74) is 0. The van der Waals surface area contributed by atoms with Crippen molar-refractivity contribution in [2.45, 2.75) is 301 Å². The zero-order chi connectivity index (χ0) is 49.1. The Balaban J connectivity index is 2.32. The van der Waals surface area contributed by atoms with Gasteiger partial charge in [-0.15, -0.1) is 0 Å². The van der Waals surface area contributed by atoms with Gasteiger partial charge in [-0.1, -0.05) is 225 Å². The van der Waals surface area contributed by atoms with Crippen LogP contribution in [-0.4, -0.2) is 96.0 Å². The Morgan fingerprint density at radius 2 is 0.851 bits per heavy atom. The van der Waals surface area contributed by atoms with Gasteiger partial charge >= 0.3 is 11.9 Å². The van der Waals surface area contributed by atoms with Gasteiger partial charge in [0.05, 0.1) is 6.61 Å². The van der Waals surface area contributed by atoms with E-state index < -0.39 is 71.2 Å². The molecular formula is C54H102O12S. The molecule has 396 valence electrons. The number of hydrogen-bond donors (Lipinski definition) is 4. The number of rotatable bonds is 48. The van der Waals surface area contributed by atoms with Crippen LogP contribution in [0.2, 0.25) is 0 Å². The van der Waals surface area contributed by atoms with Crippen molar-refractivity contribution in [2.24, 2.45) is 0 Å². The fourth-order valence-corrected chi connectivity index (χ4v) is 9.48. The lowest BCUT2D eigenvalue weighted by Crippen LogP contribution is -2.60. The number of esters is 2. The van der Waals surface area contributed by atoms with Gasteiger partial charge in [0, 0.05) is 12.8 Å². The summed E-state index contributed by atoms with van der Waals surface area (Å²) in [6, 6.07) is 0. The first-order valence-corrected chi connectivity index (χ1v) is 29.4. The second kappa shape index (κ2) is 44.3. The Morgan fingerprint density at radius 3 is 1.24 bits per heavy atom. The highest BCUT2D eigenvalue weighted by Crippen LogP contribution is 2.24. The average Bonchev–Trinajstić information content (AvgIpc) is 3.30. The fourth-order valence-electron chi connectivity index (χ4n) is 8.79. The van der Waals surface area contributed by atoms with Gasteiger partial charge in [0.15, 0.2) is 12.4 Å². The van der Waals surface area contributed by atoms with Crippen molar-refractivity contribution in [2.75, 3.05) is 19.0 Å². The van der Waals surface area contributed by atoms with Crippen LogP contribution >= 0.6 is 0 Å². The third-order valence-electron chi connectivity index (χ3n) is 13.1. The molecule has 1 heterocycles. The molecule has 1 saturated heterocycles. The second-order valence-electron chi connectivity index (χ2n) is 19.6. The van der Waals surface area contributed by atoms with Crippen molar-refractivity contribution in [1.82, 2.24) is 0 Å². The third kappa shape index (κ3) is 38.8. The molecule has 4 N–H and O–H groups in total. The number of unbranched alkanes of at least 4 members (excludes halogenated alkanes) is 34. The lowest BCUT2D eigenvalue weighted by Gasteiger charge is -2.40. The zero-order valence-corrected chi connectivity index (χ0v) is 43.6. The summed E-state index contributed by atoms with van der Waals surface area (Å²) >= 11 is 0. The number of ether oxygens (including phenoxy) is 4. The molecule has 0 aromatic heterocycles. The Hall–Kier alpha value is -1.61. The van der Waals surface area contributed by atoms with E-state index >= 15 is 0 Å². The molecule has 1 rings (SSSR count). The summed E-state index contributed by atoms with van der Waals surface area (Å²) < 4.78 is 54.3. The van der Waals surface area contributed by atoms with Gasteiger partial charge in [-0.2, -0.15) is 8.42 Å². The van der Waals surface area contributed by atoms with Crippen molar-refractivity contribution in [1.29, 1.82) is 0 Å². The highest BCUT2D eigenvalue weighted by molar-refractivity contribution is 7.85. The van der Waals surface area contributed by atoms with Gasteiger partial charge in [-0.3, -0.25) is 14.1 Å². The predicted octanol–water partition coefficient (Wildman–Crippen LogP) is 13.0. The number of hydrogen-bond acceptors (Lipinski definition) is 11. The van der Waals surface area contributed by atoms with Crippen LogP contribution in [0.4, 0.5) is 0 Å². The maximum absolute atomic E-state index is 12.9. The van der Waals surface area contributed by atoms with E-state index in [1.165, 1.54) is 173 Å². The normalized spacial score (nSPS) is 19.3. The lowest BCUT2D eigenvalue weighted by molar-refractivity contribution is -0.297. The molecule has 0 spiro atoms. The molecule has 6 unspecified atom stereocenters. The lowest BCUT2D eigenvalue weighted by atomic mass is 10.00. The van der Waals surface area contributed by atoms with Gasteiger partial charge in [0.2, 0.25) is 0 Å². The van der Waals surface area contributed by atoms with Gasteiger partial charge < -0.3 is 34.3 Å². The number of aliphatic hydroxyl groups is 3. The first-order valence-electron chi connectivity index (χ1n) is 27.7. The minimum absolute atomic E-state index is 0.164. The quantitative estimate of drug-likeness (QED) is 0.0196. The molecule has 6 atom stereocenters. The molecule has 0 saturated carbocycles. The smallest absolute Gasteiger partial charge is 0.306 e. The third-order valence-corrected chi connectivity index (χ3v) is 13.8. The molecule has 13 heteroatoms. The van der Waals surface area contributed by atoms with E-state index in [1.807, 2.05) is 0 Å². The molecule has 0 aliphatic carbocycles. The second-order valence-corrected chi connectivity index (χ2v) is 21.1. The minimum Gasteiger partial charge on any atom is -0.462 e. The van der Waals surface area contributed by atoms with E-state index in [9.17, 15) is 37.9 Å². The Bertz CT molecular complexity index is 1280. The highest BCUT2D eigenvalue weighted by Gasteiger charge is 2.46. The minimum atomic E-state index is -4.60. The van der Waals surface area contributed by atoms with Crippen LogP contribution in [0.15, 0.2) is 12.2 Å². The molecule has 1 aliphatic rings. The van der Waals surface area contributed by atoms with Gasteiger partial charge in [-0.05, 0) is 38.5 Å². The number of allylic oxidation sites excluding steroid dienone is 2. The van der Waals surface area contributed by atoms with Crippen LogP contribution in [0, 0.1) is 0 Å². The number of carbonyl (C=O) groups is 2. The molecule has 0 amide bonds. The number of carbonyl (C=O) groups excluding carboxylic acids is 2. The van der Waals surface area contributed by atoms with Crippen LogP contribution in [0.5, 0.6) is 0 Å². The van der Waals surface area contributed by atoms with Crippen molar-refractivity contribution in [3.8, 4) is 0 Å². The molecule has 67 heavy (non-hydrogen) atoms. The summed E-state index contributed by atoms with van der Waals surface area (Å²) in [6.45, 7) is 3.81. The van der Waals surface area contributed by atoms with Crippen LogP contribution in [0.1, 0.15) is 264 Å². The summed E-state index contributed by atoms with van der Waals surface area (Å²) in [4.78, 5) is 25.6. The zero-order valence-electron chi connectivity index (χ0n) is 42.8. The highest BCUT2D eigenvalue weighted by atomic mass is 32.2. The largest absolute Gasteiger partial charge is 0.462 e. The molecule has 0 aromatic rings. The summed E-state index contributed by atoms with van der Waals surface area (Å²) in [7, 11) is -4.60. The fraction of sp³-hybridized carbons (Fsp3) is 0.926. The monoisotopic (exact) mass is 975 g/mol. The van der Waals surface area contributed by atoms with Gasteiger partial charge in [0.1, 0.15) is 36.8 Å². The molecular weight excluding hydrogens is 873 g/mol. The van der Waals surface area contributed by atoms with E-state index in [0.29, 0.717) is 12.8 Å². The summed E-state index contributed by atoms with van der Waals surface area (Å²) in [5.74, 6) is -1.97.